The minimum atomic E-state index is -0.512. The van der Waals surface area contributed by atoms with E-state index in [1.165, 1.54) is 6.07 Å². The number of ether oxygens (including phenoxy) is 1. The number of carbonyl (C=O) groups is 2. The Morgan fingerprint density at radius 2 is 1.90 bits per heavy atom. The summed E-state index contributed by atoms with van der Waals surface area (Å²) < 4.78 is 20.3. The summed E-state index contributed by atoms with van der Waals surface area (Å²) in [5.74, 6) is -0.218. The van der Waals surface area contributed by atoms with Crippen LogP contribution in [0.15, 0.2) is 36.5 Å². The molecule has 0 bridgehead atoms. The van der Waals surface area contributed by atoms with Gasteiger partial charge in [-0.1, -0.05) is 6.07 Å². The number of hydrogen-bond acceptors (Lipinski definition) is 5. The van der Waals surface area contributed by atoms with Crippen molar-refractivity contribution in [2.75, 3.05) is 35.2 Å². The van der Waals surface area contributed by atoms with Crippen LogP contribution in [-0.2, 0) is 9.53 Å². The van der Waals surface area contributed by atoms with Crippen LogP contribution in [0.4, 0.5) is 26.4 Å². The fourth-order valence-corrected chi connectivity index (χ4v) is 3.43. The maximum Gasteiger partial charge on any atom is 0.319 e. The van der Waals surface area contributed by atoms with Gasteiger partial charge in [0.2, 0.25) is 5.91 Å². The van der Waals surface area contributed by atoms with Gasteiger partial charge in [0.25, 0.3) is 0 Å². The minimum Gasteiger partial charge on any atom is -0.372 e. The highest BCUT2D eigenvalue weighted by molar-refractivity contribution is 5.92. The number of benzene rings is 1. The Kier molecular flexibility index (Phi) is 7.41. The van der Waals surface area contributed by atoms with Gasteiger partial charge in [-0.05, 0) is 50.6 Å². The second-order valence-corrected chi connectivity index (χ2v) is 7.73. The van der Waals surface area contributed by atoms with E-state index in [0.29, 0.717) is 30.3 Å². The zero-order valence-corrected chi connectivity index (χ0v) is 17.9. The van der Waals surface area contributed by atoms with Crippen LogP contribution in [0.2, 0.25) is 0 Å². The zero-order chi connectivity index (χ0) is 22.4. The fourth-order valence-electron chi connectivity index (χ4n) is 3.43. The maximum absolute atomic E-state index is 14.6. The first-order valence-electron chi connectivity index (χ1n) is 10.3. The van der Waals surface area contributed by atoms with Crippen LogP contribution in [0.5, 0.6) is 0 Å². The highest BCUT2D eigenvalue weighted by atomic mass is 19.1. The molecule has 0 radical (unpaired) electrons. The van der Waals surface area contributed by atoms with Crippen LogP contribution in [0.3, 0.4) is 0 Å². The van der Waals surface area contributed by atoms with Crippen LogP contribution in [0, 0.1) is 12.7 Å². The molecule has 2 unspecified atom stereocenters. The number of nitrogens with one attached hydrogen (secondary N) is 3. The van der Waals surface area contributed by atoms with Crippen molar-refractivity contribution < 1.29 is 18.7 Å². The van der Waals surface area contributed by atoms with Crippen molar-refractivity contribution in [2.45, 2.75) is 39.4 Å². The molecule has 166 valence electrons. The van der Waals surface area contributed by atoms with Gasteiger partial charge in [0, 0.05) is 37.9 Å². The van der Waals surface area contributed by atoms with Crippen LogP contribution in [0.1, 0.15) is 25.8 Å². The van der Waals surface area contributed by atoms with Crippen LogP contribution < -0.4 is 20.9 Å². The molecule has 8 nitrogen and oxygen atoms in total. The Balaban J connectivity index is 1.45. The topological polar surface area (TPSA) is 95.6 Å². The Labute approximate surface area is 181 Å². The number of aryl methyl sites for hydroxylation is 1. The first-order chi connectivity index (χ1) is 14.8. The van der Waals surface area contributed by atoms with E-state index in [1.54, 1.807) is 24.4 Å². The number of anilines is 3. The molecular weight excluding hydrogens is 401 g/mol. The van der Waals surface area contributed by atoms with Crippen molar-refractivity contribution in [1.29, 1.82) is 0 Å². The summed E-state index contributed by atoms with van der Waals surface area (Å²) in [7, 11) is 0. The Bertz CT molecular complexity index is 912. The molecule has 2 heterocycles. The predicted octanol–water partition coefficient (Wildman–Crippen LogP) is 3.29. The highest BCUT2D eigenvalue weighted by Crippen LogP contribution is 2.26. The van der Waals surface area contributed by atoms with Crippen LogP contribution in [0.25, 0.3) is 0 Å². The largest absolute Gasteiger partial charge is 0.372 e. The molecule has 31 heavy (non-hydrogen) atoms. The lowest BCUT2D eigenvalue weighted by Crippen LogP contribution is -2.45. The number of urea groups is 1. The van der Waals surface area contributed by atoms with E-state index in [-0.39, 0.29) is 31.1 Å². The molecule has 0 spiro atoms. The van der Waals surface area contributed by atoms with Crippen molar-refractivity contribution in [2.24, 2.45) is 0 Å². The summed E-state index contributed by atoms with van der Waals surface area (Å²) in [4.78, 5) is 30.0. The molecule has 0 aliphatic carbocycles. The van der Waals surface area contributed by atoms with E-state index in [1.807, 2.05) is 31.7 Å². The molecule has 2 aromatic rings. The lowest BCUT2D eigenvalue weighted by molar-refractivity contribution is -0.116. The van der Waals surface area contributed by atoms with Crippen LogP contribution >= 0.6 is 0 Å². The molecule has 1 aliphatic heterocycles. The normalized spacial score (nSPS) is 18.4. The van der Waals surface area contributed by atoms with E-state index in [9.17, 15) is 14.0 Å². The smallest absolute Gasteiger partial charge is 0.319 e. The third-order valence-corrected chi connectivity index (χ3v) is 4.78. The van der Waals surface area contributed by atoms with Gasteiger partial charge < -0.3 is 25.6 Å². The standard InChI is InChI=1S/C22H28FN5O3/c1-14-4-7-20(25-11-14)27-21(29)8-9-24-22(30)26-17-5-6-19(18(23)10-17)28-12-15(2)31-16(3)13-28/h4-7,10-11,15-16H,8-9,12-13H2,1-3H3,(H2,24,26,30)(H,25,27,29). The third-order valence-electron chi connectivity index (χ3n) is 4.78. The van der Waals surface area contributed by atoms with Gasteiger partial charge >= 0.3 is 6.03 Å². The average molecular weight is 429 g/mol. The molecule has 9 heteroatoms. The molecular formula is C22H28FN5O3. The van der Waals surface area contributed by atoms with Gasteiger partial charge in [0.05, 0.1) is 17.9 Å². The summed E-state index contributed by atoms with van der Waals surface area (Å²) >= 11 is 0. The van der Waals surface area contributed by atoms with E-state index < -0.39 is 11.8 Å². The van der Waals surface area contributed by atoms with Crippen LogP contribution in [-0.4, -0.2) is 48.8 Å². The van der Waals surface area contributed by atoms with Crippen molar-refractivity contribution in [1.82, 2.24) is 10.3 Å². The number of pyridine rings is 1. The molecule has 2 atom stereocenters. The third kappa shape index (κ3) is 6.65. The molecule has 0 saturated carbocycles. The predicted molar refractivity (Wildman–Crippen MR) is 118 cm³/mol. The summed E-state index contributed by atoms with van der Waals surface area (Å²) in [6.07, 6.45) is 1.78. The first kappa shape index (κ1) is 22.5. The van der Waals surface area contributed by atoms with Crippen molar-refractivity contribution in [3.8, 4) is 0 Å². The Morgan fingerprint density at radius 3 is 2.55 bits per heavy atom. The van der Waals surface area contributed by atoms with Crippen molar-refractivity contribution in [3.63, 3.8) is 0 Å². The zero-order valence-electron chi connectivity index (χ0n) is 17.9. The van der Waals surface area contributed by atoms with E-state index in [2.05, 4.69) is 20.9 Å². The molecule has 3 rings (SSSR count). The molecule has 1 aromatic heterocycles. The number of halogens is 1. The lowest BCUT2D eigenvalue weighted by atomic mass is 10.2. The van der Waals surface area contributed by atoms with E-state index in [4.69, 9.17) is 4.74 Å². The quantitative estimate of drug-likeness (QED) is 0.655. The summed E-state index contributed by atoms with van der Waals surface area (Å²) in [6.45, 7) is 7.16. The molecule has 1 aliphatic rings. The number of hydrogen-bond donors (Lipinski definition) is 3. The van der Waals surface area contributed by atoms with Gasteiger partial charge in [-0.2, -0.15) is 0 Å². The van der Waals surface area contributed by atoms with Gasteiger partial charge in [0.1, 0.15) is 11.6 Å². The van der Waals surface area contributed by atoms with Gasteiger partial charge in [0.15, 0.2) is 0 Å². The Hall–Kier alpha value is -3.20. The number of nitrogens with zero attached hydrogens (tertiary/aromatic N) is 2. The molecule has 1 fully saturated rings. The number of aromatic nitrogens is 1. The average Bonchev–Trinajstić information content (AvgIpc) is 2.69. The van der Waals surface area contributed by atoms with Gasteiger partial charge in [-0.15, -0.1) is 0 Å². The summed E-state index contributed by atoms with van der Waals surface area (Å²) in [5.41, 5.74) is 1.81. The molecule has 1 saturated heterocycles. The highest BCUT2D eigenvalue weighted by Gasteiger charge is 2.24. The SMILES string of the molecule is Cc1ccc(NC(=O)CCNC(=O)Nc2ccc(N3CC(C)OC(C)C3)c(F)c2)nc1. The molecule has 3 N–H and O–H groups in total. The van der Waals surface area contributed by atoms with Crippen molar-refractivity contribution >= 4 is 29.1 Å². The lowest BCUT2D eigenvalue weighted by Gasteiger charge is -2.37. The fraction of sp³-hybridized carbons (Fsp3) is 0.409. The Morgan fingerprint density at radius 1 is 1.16 bits per heavy atom. The second kappa shape index (κ2) is 10.2. The minimum absolute atomic E-state index is 0.0192. The summed E-state index contributed by atoms with van der Waals surface area (Å²) in [6, 6.07) is 7.64. The van der Waals surface area contributed by atoms with E-state index >= 15 is 0 Å². The summed E-state index contributed by atoms with van der Waals surface area (Å²) in [5, 5.41) is 7.83. The number of amides is 3. The number of morpholine rings is 1. The van der Waals surface area contributed by atoms with Gasteiger partial charge in [-0.3, -0.25) is 4.79 Å². The number of rotatable bonds is 6. The monoisotopic (exact) mass is 429 g/mol. The maximum atomic E-state index is 14.6. The first-order valence-corrected chi connectivity index (χ1v) is 10.3. The molecule has 1 aromatic carbocycles. The van der Waals surface area contributed by atoms with Crippen molar-refractivity contribution in [3.05, 3.63) is 47.9 Å². The van der Waals surface area contributed by atoms with E-state index in [0.717, 1.165) is 5.56 Å². The van der Waals surface area contributed by atoms with Gasteiger partial charge in [-0.25, -0.2) is 14.2 Å². The second-order valence-electron chi connectivity index (χ2n) is 7.73. The molecule has 3 amide bonds. The number of carbonyl (C=O) groups excluding carboxylic acids is 2.